The lowest BCUT2D eigenvalue weighted by molar-refractivity contribution is -0.118. The van der Waals surface area contributed by atoms with Gasteiger partial charge in [-0.3, -0.25) is 4.79 Å². The number of nitrogens with two attached hydrogens (primary N) is 1. The predicted molar refractivity (Wildman–Crippen MR) is 74.9 cm³/mol. The molecule has 0 aliphatic rings. The molecule has 0 aromatic heterocycles. The summed E-state index contributed by atoms with van der Waals surface area (Å²) in [7, 11) is 0. The number of carbonyl (C=O) groups excluding carboxylic acids is 1. The molecule has 0 radical (unpaired) electrons. The Hall–Kier alpha value is -2.33. The molecule has 1 amide bonds. The van der Waals surface area contributed by atoms with Crippen molar-refractivity contribution in [3.05, 3.63) is 60.2 Å². The highest BCUT2D eigenvalue weighted by Gasteiger charge is 2.03. The van der Waals surface area contributed by atoms with E-state index in [9.17, 15) is 4.79 Å². The van der Waals surface area contributed by atoms with Crippen LogP contribution in [0.25, 0.3) is 0 Å². The Morgan fingerprint density at radius 3 is 2.63 bits per heavy atom. The van der Waals surface area contributed by atoms with Gasteiger partial charge in [0.25, 0.3) is 5.91 Å². The molecule has 4 heteroatoms. The van der Waals surface area contributed by atoms with E-state index in [1.54, 1.807) is 6.07 Å². The minimum absolute atomic E-state index is 0.0249. The van der Waals surface area contributed by atoms with Crippen LogP contribution in [-0.2, 0) is 11.3 Å². The van der Waals surface area contributed by atoms with Crippen molar-refractivity contribution in [2.45, 2.75) is 6.54 Å². The van der Waals surface area contributed by atoms with Crippen LogP contribution >= 0.6 is 0 Å². The fourth-order valence-corrected chi connectivity index (χ4v) is 1.63. The molecule has 0 fully saturated rings. The van der Waals surface area contributed by atoms with Gasteiger partial charge in [0.2, 0.25) is 0 Å². The summed E-state index contributed by atoms with van der Waals surface area (Å²) < 4.78 is 5.41. The SMILES string of the molecule is NCc1cccc(OCC(=O)Nc2ccccc2)c1. The van der Waals surface area contributed by atoms with Crippen molar-refractivity contribution in [2.75, 3.05) is 11.9 Å². The fourth-order valence-electron chi connectivity index (χ4n) is 1.63. The van der Waals surface area contributed by atoms with Crippen molar-refractivity contribution >= 4 is 11.6 Å². The van der Waals surface area contributed by atoms with Crippen molar-refractivity contribution in [2.24, 2.45) is 5.73 Å². The number of hydrogen-bond acceptors (Lipinski definition) is 3. The van der Waals surface area contributed by atoms with Crippen LogP contribution in [0.2, 0.25) is 0 Å². The first-order chi connectivity index (χ1) is 9.28. The monoisotopic (exact) mass is 256 g/mol. The average Bonchev–Trinajstić information content (AvgIpc) is 2.46. The molecule has 0 saturated heterocycles. The van der Waals surface area contributed by atoms with E-state index in [0.29, 0.717) is 12.3 Å². The maximum Gasteiger partial charge on any atom is 0.262 e. The molecule has 0 spiro atoms. The molecule has 98 valence electrons. The lowest BCUT2D eigenvalue weighted by Gasteiger charge is -2.08. The second-order valence-electron chi connectivity index (χ2n) is 4.05. The van der Waals surface area contributed by atoms with Crippen LogP contribution in [0.4, 0.5) is 5.69 Å². The zero-order chi connectivity index (χ0) is 13.5. The molecule has 0 aliphatic heterocycles. The zero-order valence-corrected chi connectivity index (χ0v) is 10.5. The summed E-state index contributed by atoms with van der Waals surface area (Å²) in [5, 5.41) is 2.75. The van der Waals surface area contributed by atoms with Gasteiger partial charge in [-0.1, -0.05) is 30.3 Å². The van der Waals surface area contributed by atoms with Gasteiger partial charge < -0.3 is 15.8 Å². The number of nitrogens with one attached hydrogen (secondary N) is 1. The molecule has 0 saturated carbocycles. The third-order valence-electron chi connectivity index (χ3n) is 2.56. The topological polar surface area (TPSA) is 64.3 Å². The highest BCUT2D eigenvalue weighted by molar-refractivity contribution is 5.91. The van der Waals surface area contributed by atoms with Crippen LogP contribution in [0.1, 0.15) is 5.56 Å². The number of rotatable bonds is 5. The molecule has 2 rings (SSSR count). The lowest BCUT2D eigenvalue weighted by atomic mass is 10.2. The molecular weight excluding hydrogens is 240 g/mol. The van der Waals surface area contributed by atoms with E-state index in [1.807, 2.05) is 48.5 Å². The number of hydrogen-bond donors (Lipinski definition) is 2. The first-order valence-electron chi connectivity index (χ1n) is 6.04. The van der Waals surface area contributed by atoms with E-state index in [4.69, 9.17) is 10.5 Å². The van der Waals surface area contributed by atoms with Crippen molar-refractivity contribution in [1.29, 1.82) is 0 Å². The third-order valence-corrected chi connectivity index (χ3v) is 2.56. The predicted octanol–water partition coefficient (Wildman–Crippen LogP) is 2.16. The summed E-state index contributed by atoms with van der Waals surface area (Å²) >= 11 is 0. The maximum absolute atomic E-state index is 11.7. The molecule has 4 nitrogen and oxygen atoms in total. The Bertz CT molecular complexity index is 541. The van der Waals surface area contributed by atoms with E-state index in [0.717, 1.165) is 11.3 Å². The maximum atomic E-state index is 11.7. The summed E-state index contributed by atoms with van der Waals surface area (Å²) in [5.74, 6) is 0.454. The summed E-state index contributed by atoms with van der Waals surface area (Å²) in [6.07, 6.45) is 0. The molecule has 0 atom stereocenters. The first-order valence-corrected chi connectivity index (χ1v) is 6.04. The molecule has 3 N–H and O–H groups in total. The molecule has 2 aromatic carbocycles. The van der Waals surface area contributed by atoms with Crippen LogP contribution < -0.4 is 15.8 Å². The van der Waals surface area contributed by atoms with E-state index in [-0.39, 0.29) is 12.5 Å². The summed E-state index contributed by atoms with van der Waals surface area (Å²) in [5.41, 5.74) is 7.27. The van der Waals surface area contributed by atoms with Crippen molar-refractivity contribution in [3.8, 4) is 5.75 Å². The van der Waals surface area contributed by atoms with E-state index in [2.05, 4.69) is 5.32 Å². The Morgan fingerprint density at radius 2 is 1.89 bits per heavy atom. The van der Waals surface area contributed by atoms with Crippen LogP contribution in [-0.4, -0.2) is 12.5 Å². The minimum Gasteiger partial charge on any atom is -0.484 e. The Balaban J connectivity index is 1.86. The minimum atomic E-state index is -0.190. The van der Waals surface area contributed by atoms with Gasteiger partial charge in [-0.25, -0.2) is 0 Å². The highest BCUT2D eigenvalue weighted by atomic mass is 16.5. The van der Waals surface area contributed by atoms with Crippen molar-refractivity contribution in [3.63, 3.8) is 0 Å². The second-order valence-corrected chi connectivity index (χ2v) is 4.05. The number of amides is 1. The van der Waals surface area contributed by atoms with Crippen LogP contribution in [0.3, 0.4) is 0 Å². The standard InChI is InChI=1S/C15H16N2O2/c16-10-12-5-4-8-14(9-12)19-11-15(18)17-13-6-2-1-3-7-13/h1-9H,10-11,16H2,(H,17,18). The smallest absolute Gasteiger partial charge is 0.262 e. The van der Waals surface area contributed by atoms with Gasteiger partial charge in [-0.05, 0) is 29.8 Å². The van der Waals surface area contributed by atoms with Gasteiger partial charge in [0.05, 0.1) is 0 Å². The molecule has 2 aromatic rings. The van der Waals surface area contributed by atoms with Crippen LogP contribution in [0.15, 0.2) is 54.6 Å². The van der Waals surface area contributed by atoms with Crippen LogP contribution in [0.5, 0.6) is 5.75 Å². The third kappa shape index (κ3) is 4.12. The van der Waals surface area contributed by atoms with Crippen LogP contribution in [0, 0.1) is 0 Å². The van der Waals surface area contributed by atoms with Crippen molar-refractivity contribution < 1.29 is 9.53 Å². The fraction of sp³-hybridized carbons (Fsp3) is 0.133. The Kier molecular flexibility index (Phi) is 4.53. The molecular formula is C15H16N2O2. The van der Waals surface area contributed by atoms with Crippen molar-refractivity contribution in [1.82, 2.24) is 0 Å². The molecule has 19 heavy (non-hydrogen) atoms. The van der Waals surface area contributed by atoms with Gasteiger partial charge in [0, 0.05) is 12.2 Å². The largest absolute Gasteiger partial charge is 0.484 e. The van der Waals surface area contributed by atoms with Gasteiger partial charge in [-0.15, -0.1) is 0 Å². The number of ether oxygens (including phenoxy) is 1. The number of carbonyl (C=O) groups is 1. The normalized spacial score (nSPS) is 9.95. The lowest BCUT2D eigenvalue weighted by Crippen LogP contribution is -2.20. The highest BCUT2D eigenvalue weighted by Crippen LogP contribution is 2.13. The van der Waals surface area contributed by atoms with E-state index < -0.39 is 0 Å². The molecule has 0 heterocycles. The summed E-state index contributed by atoms with van der Waals surface area (Å²) in [6, 6.07) is 16.7. The summed E-state index contributed by atoms with van der Waals surface area (Å²) in [4.78, 5) is 11.7. The van der Waals surface area contributed by atoms with Gasteiger partial charge >= 0.3 is 0 Å². The van der Waals surface area contributed by atoms with Gasteiger partial charge in [-0.2, -0.15) is 0 Å². The molecule has 0 bridgehead atoms. The number of benzene rings is 2. The summed E-state index contributed by atoms with van der Waals surface area (Å²) in [6.45, 7) is 0.427. The average molecular weight is 256 g/mol. The molecule has 0 unspecified atom stereocenters. The Labute approximate surface area is 112 Å². The first kappa shape index (κ1) is 13.1. The zero-order valence-electron chi connectivity index (χ0n) is 10.5. The quantitative estimate of drug-likeness (QED) is 0.861. The second kappa shape index (κ2) is 6.56. The van der Waals surface area contributed by atoms with E-state index >= 15 is 0 Å². The number of anilines is 1. The van der Waals surface area contributed by atoms with E-state index in [1.165, 1.54) is 0 Å². The van der Waals surface area contributed by atoms with Gasteiger partial charge in [0.1, 0.15) is 5.75 Å². The molecule has 0 aliphatic carbocycles. The van der Waals surface area contributed by atoms with Gasteiger partial charge in [0.15, 0.2) is 6.61 Å². The Morgan fingerprint density at radius 1 is 1.11 bits per heavy atom. The number of para-hydroxylation sites is 1.